The number of hydrogen-bond donors (Lipinski definition) is 1. The molecule has 1 aromatic rings. The van der Waals surface area contributed by atoms with Gasteiger partial charge in [0.15, 0.2) is 0 Å². The molecule has 1 N–H and O–H groups in total. The average Bonchev–Trinajstić information content (AvgIpc) is 2.24. The Morgan fingerprint density at radius 2 is 1.94 bits per heavy atom. The van der Waals surface area contributed by atoms with Crippen molar-refractivity contribution in [2.45, 2.75) is 26.1 Å². The van der Waals surface area contributed by atoms with E-state index >= 15 is 0 Å². The number of aryl methyl sites for hydroxylation is 2. The van der Waals surface area contributed by atoms with Crippen LogP contribution in [0.5, 0.6) is 0 Å². The summed E-state index contributed by atoms with van der Waals surface area (Å²) in [7, 11) is 1.71. The molecule has 2 nitrogen and oxygen atoms in total. The van der Waals surface area contributed by atoms with Crippen molar-refractivity contribution in [2.75, 3.05) is 20.3 Å². The predicted octanol–water partition coefficient (Wildman–Crippen LogP) is 3.14. The van der Waals surface area contributed by atoms with E-state index in [1.165, 1.54) is 0 Å². The number of hydrogen-bond acceptors (Lipinski definition) is 2. The summed E-state index contributed by atoms with van der Waals surface area (Å²) < 4.78 is 40.7. The molecule has 5 heteroatoms. The van der Waals surface area contributed by atoms with Gasteiger partial charge < -0.3 is 10.1 Å². The maximum atomic E-state index is 12.0. The molecule has 18 heavy (non-hydrogen) atoms. The van der Waals surface area contributed by atoms with E-state index in [1.807, 2.05) is 32.0 Å². The molecule has 102 valence electrons. The van der Waals surface area contributed by atoms with Gasteiger partial charge in [-0.1, -0.05) is 23.8 Å². The van der Waals surface area contributed by atoms with Gasteiger partial charge in [0.05, 0.1) is 12.6 Å². The molecule has 1 rings (SSSR count). The Morgan fingerprint density at radius 3 is 2.44 bits per heavy atom. The molecule has 0 aliphatic rings. The first-order valence-corrected chi connectivity index (χ1v) is 5.72. The zero-order valence-electron chi connectivity index (χ0n) is 10.8. The molecule has 0 spiro atoms. The van der Waals surface area contributed by atoms with E-state index in [0.29, 0.717) is 0 Å². The van der Waals surface area contributed by atoms with Crippen molar-refractivity contribution < 1.29 is 17.9 Å². The minimum Gasteiger partial charge on any atom is -0.370 e. The van der Waals surface area contributed by atoms with Crippen molar-refractivity contribution >= 4 is 0 Å². The SMILES string of the molecule is CNC(COCC(F)(F)F)c1ccc(C)cc1C. The van der Waals surface area contributed by atoms with E-state index in [9.17, 15) is 13.2 Å². The van der Waals surface area contributed by atoms with Crippen LogP contribution in [0.4, 0.5) is 13.2 Å². The highest BCUT2D eigenvalue weighted by atomic mass is 19.4. The molecule has 0 aliphatic heterocycles. The molecular formula is C13H18F3NO. The number of halogens is 3. The number of alkyl halides is 3. The lowest BCUT2D eigenvalue weighted by atomic mass is 10.00. The Balaban J connectivity index is 2.66. The van der Waals surface area contributed by atoms with E-state index in [-0.39, 0.29) is 12.6 Å². The van der Waals surface area contributed by atoms with Crippen molar-refractivity contribution in [1.82, 2.24) is 5.32 Å². The topological polar surface area (TPSA) is 21.3 Å². The molecule has 0 saturated carbocycles. The fourth-order valence-corrected chi connectivity index (χ4v) is 1.84. The lowest BCUT2D eigenvalue weighted by Crippen LogP contribution is -2.26. The van der Waals surface area contributed by atoms with Gasteiger partial charge in [-0.25, -0.2) is 0 Å². The zero-order chi connectivity index (χ0) is 13.8. The average molecular weight is 261 g/mol. The van der Waals surface area contributed by atoms with Gasteiger partial charge in [-0.3, -0.25) is 0 Å². The minimum atomic E-state index is -4.28. The molecule has 0 amide bonds. The summed E-state index contributed by atoms with van der Waals surface area (Å²) in [4.78, 5) is 0. The monoisotopic (exact) mass is 261 g/mol. The largest absolute Gasteiger partial charge is 0.411 e. The maximum Gasteiger partial charge on any atom is 0.411 e. The lowest BCUT2D eigenvalue weighted by Gasteiger charge is -2.19. The molecule has 0 aliphatic carbocycles. The number of benzene rings is 1. The van der Waals surface area contributed by atoms with Crippen LogP contribution in [-0.4, -0.2) is 26.4 Å². The number of likely N-dealkylation sites (N-methyl/N-ethyl adjacent to an activating group) is 1. The highest BCUT2D eigenvalue weighted by Gasteiger charge is 2.28. The van der Waals surface area contributed by atoms with Crippen molar-refractivity contribution in [3.8, 4) is 0 Å². The summed E-state index contributed by atoms with van der Waals surface area (Å²) in [6.07, 6.45) is -4.28. The first kappa shape index (κ1) is 15.0. The van der Waals surface area contributed by atoms with Crippen LogP contribution in [-0.2, 0) is 4.74 Å². The Bertz CT molecular complexity index is 390. The van der Waals surface area contributed by atoms with Crippen LogP contribution >= 0.6 is 0 Å². The van der Waals surface area contributed by atoms with Crippen molar-refractivity contribution in [3.05, 3.63) is 34.9 Å². The molecule has 0 bridgehead atoms. The summed E-state index contributed by atoms with van der Waals surface area (Å²) in [6.45, 7) is 2.71. The third kappa shape index (κ3) is 4.66. The lowest BCUT2D eigenvalue weighted by molar-refractivity contribution is -0.175. The van der Waals surface area contributed by atoms with E-state index in [2.05, 4.69) is 5.32 Å². The summed E-state index contributed by atoms with van der Waals surface area (Å²) in [5.41, 5.74) is 3.14. The van der Waals surface area contributed by atoms with Gasteiger partial charge in [0.2, 0.25) is 0 Å². The van der Waals surface area contributed by atoms with Crippen molar-refractivity contribution in [3.63, 3.8) is 0 Å². The molecule has 1 aromatic carbocycles. The molecule has 0 heterocycles. The van der Waals surface area contributed by atoms with Gasteiger partial charge in [-0.2, -0.15) is 13.2 Å². The highest BCUT2D eigenvalue weighted by molar-refractivity contribution is 5.32. The Kier molecular flexibility index (Phi) is 5.16. The minimum absolute atomic E-state index is 0.0000883. The van der Waals surface area contributed by atoms with Crippen LogP contribution in [0.15, 0.2) is 18.2 Å². The van der Waals surface area contributed by atoms with Crippen molar-refractivity contribution in [2.24, 2.45) is 0 Å². The first-order valence-electron chi connectivity index (χ1n) is 5.72. The molecule has 0 fully saturated rings. The second kappa shape index (κ2) is 6.20. The first-order chi connectivity index (χ1) is 8.33. The smallest absolute Gasteiger partial charge is 0.370 e. The van der Waals surface area contributed by atoms with E-state index in [1.54, 1.807) is 7.05 Å². The fraction of sp³-hybridized carbons (Fsp3) is 0.538. The second-order valence-electron chi connectivity index (χ2n) is 4.33. The number of rotatable bonds is 5. The van der Waals surface area contributed by atoms with Crippen LogP contribution in [0, 0.1) is 13.8 Å². The van der Waals surface area contributed by atoms with Crippen LogP contribution in [0.25, 0.3) is 0 Å². The normalized spacial score (nSPS) is 13.7. The van der Waals surface area contributed by atoms with Crippen LogP contribution < -0.4 is 5.32 Å². The summed E-state index contributed by atoms with van der Waals surface area (Å²) in [5, 5.41) is 2.97. The van der Waals surface area contributed by atoms with Gasteiger partial charge in [-0.05, 0) is 32.0 Å². The van der Waals surface area contributed by atoms with Gasteiger partial charge in [0.1, 0.15) is 6.61 Å². The molecule has 0 aromatic heterocycles. The Morgan fingerprint density at radius 1 is 1.28 bits per heavy atom. The maximum absolute atomic E-state index is 12.0. The Hall–Kier alpha value is -1.07. The summed E-state index contributed by atoms with van der Waals surface area (Å²) >= 11 is 0. The molecular weight excluding hydrogens is 243 g/mol. The van der Waals surface area contributed by atoms with Crippen LogP contribution in [0.1, 0.15) is 22.7 Å². The van der Waals surface area contributed by atoms with Crippen molar-refractivity contribution in [1.29, 1.82) is 0 Å². The van der Waals surface area contributed by atoms with E-state index in [0.717, 1.165) is 16.7 Å². The summed E-state index contributed by atoms with van der Waals surface area (Å²) in [5.74, 6) is 0. The third-order valence-corrected chi connectivity index (χ3v) is 2.70. The second-order valence-corrected chi connectivity index (χ2v) is 4.33. The predicted molar refractivity (Wildman–Crippen MR) is 64.6 cm³/mol. The van der Waals surface area contributed by atoms with Gasteiger partial charge in [-0.15, -0.1) is 0 Å². The fourth-order valence-electron chi connectivity index (χ4n) is 1.84. The van der Waals surface area contributed by atoms with E-state index < -0.39 is 12.8 Å². The third-order valence-electron chi connectivity index (χ3n) is 2.70. The standard InChI is InChI=1S/C13H18F3NO/c1-9-4-5-11(10(2)6-9)12(17-3)7-18-8-13(14,15)16/h4-6,12,17H,7-8H2,1-3H3. The number of ether oxygens (including phenoxy) is 1. The summed E-state index contributed by atoms with van der Waals surface area (Å²) in [6, 6.07) is 5.63. The molecule has 0 radical (unpaired) electrons. The number of nitrogens with one attached hydrogen (secondary N) is 1. The molecule has 0 saturated heterocycles. The Labute approximate surface area is 105 Å². The van der Waals surface area contributed by atoms with E-state index in [4.69, 9.17) is 4.74 Å². The molecule has 1 unspecified atom stereocenters. The highest BCUT2D eigenvalue weighted by Crippen LogP contribution is 2.20. The van der Waals surface area contributed by atoms with Gasteiger partial charge >= 0.3 is 6.18 Å². The van der Waals surface area contributed by atoms with Crippen LogP contribution in [0.3, 0.4) is 0 Å². The van der Waals surface area contributed by atoms with Gasteiger partial charge in [0, 0.05) is 0 Å². The zero-order valence-corrected chi connectivity index (χ0v) is 10.8. The van der Waals surface area contributed by atoms with Crippen LogP contribution in [0.2, 0.25) is 0 Å². The molecule has 1 atom stereocenters. The van der Waals surface area contributed by atoms with Gasteiger partial charge in [0.25, 0.3) is 0 Å². The quantitative estimate of drug-likeness (QED) is 0.879.